The number of benzene rings is 1. The summed E-state index contributed by atoms with van der Waals surface area (Å²) >= 11 is 0. The van der Waals surface area contributed by atoms with E-state index in [4.69, 9.17) is 4.74 Å². The number of rotatable bonds is 8. The molecule has 2 heterocycles. The second kappa shape index (κ2) is 9.95. The van der Waals surface area contributed by atoms with Crippen LogP contribution in [0.3, 0.4) is 0 Å². The average Bonchev–Trinajstić information content (AvgIpc) is 3.15. The van der Waals surface area contributed by atoms with Crippen molar-refractivity contribution >= 4 is 21.8 Å². The molecule has 1 saturated heterocycles. The van der Waals surface area contributed by atoms with Gasteiger partial charge in [-0.25, -0.2) is 13.4 Å². The van der Waals surface area contributed by atoms with Gasteiger partial charge in [0.1, 0.15) is 5.82 Å². The Hall–Kier alpha value is -2.52. The fourth-order valence-corrected chi connectivity index (χ4v) is 5.35. The van der Waals surface area contributed by atoms with Gasteiger partial charge in [0.15, 0.2) is 11.6 Å². The van der Waals surface area contributed by atoms with Crippen molar-refractivity contribution in [3.05, 3.63) is 46.9 Å². The van der Waals surface area contributed by atoms with E-state index in [-0.39, 0.29) is 30.5 Å². The van der Waals surface area contributed by atoms with Gasteiger partial charge in [0.05, 0.1) is 5.92 Å². The number of hydrogen-bond donors (Lipinski definition) is 0. The van der Waals surface area contributed by atoms with Crippen molar-refractivity contribution < 1.29 is 22.7 Å². The van der Waals surface area contributed by atoms with Gasteiger partial charge >= 0.3 is 5.97 Å². The van der Waals surface area contributed by atoms with Gasteiger partial charge in [0, 0.05) is 31.9 Å². The van der Waals surface area contributed by atoms with Crippen molar-refractivity contribution in [1.82, 2.24) is 13.9 Å². The van der Waals surface area contributed by atoms with Crippen LogP contribution in [0.25, 0.3) is 0 Å². The topological polar surface area (TPSA) is 98.6 Å². The molecule has 8 nitrogen and oxygen atoms in total. The number of hydrogen-bond acceptors (Lipinski definition) is 6. The SMILES string of the molecule is CCc1ccc(CC)c(C(=O)COC(=O)C2CCN(S(=O)(=O)c3cn(C)c(C)n3)CC2)c1. The molecule has 1 aliphatic rings. The number of imidazole rings is 1. The van der Waals surface area contributed by atoms with Crippen molar-refractivity contribution in [2.45, 2.75) is 51.5 Å². The summed E-state index contributed by atoms with van der Waals surface area (Å²) in [6.07, 6.45) is 3.74. The highest BCUT2D eigenvalue weighted by Gasteiger charge is 2.34. The van der Waals surface area contributed by atoms with Crippen molar-refractivity contribution in [1.29, 1.82) is 0 Å². The number of sulfonamides is 1. The van der Waals surface area contributed by atoms with E-state index < -0.39 is 21.9 Å². The molecule has 9 heteroatoms. The van der Waals surface area contributed by atoms with Gasteiger partial charge in [-0.05, 0) is 49.8 Å². The van der Waals surface area contributed by atoms with E-state index in [1.54, 1.807) is 18.5 Å². The minimum absolute atomic E-state index is 0.0187. The molecule has 0 amide bonds. The highest BCUT2D eigenvalue weighted by molar-refractivity contribution is 7.89. The number of carbonyl (C=O) groups excluding carboxylic acids is 2. The molecule has 1 aromatic heterocycles. The third kappa shape index (κ3) is 5.10. The van der Waals surface area contributed by atoms with Gasteiger partial charge in [0.25, 0.3) is 10.0 Å². The third-order valence-electron chi connectivity index (χ3n) is 6.09. The number of nitrogens with zero attached hydrogens (tertiary/aromatic N) is 3. The zero-order valence-corrected chi connectivity index (χ0v) is 19.9. The lowest BCUT2D eigenvalue weighted by Gasteiger charge is -2.29. The Balaban J connectivity index is 1.56. The van der Waals surface area contributed by atoms with E-state index in [2.05, 4.69) is 4.98 Å². The molecule has 32 heavy (non-hydrogen) atoms. The van der Waals surface area contributed by atoms with Gasteiger partial charge in [-0.2, -0.15) is 4.31 Å². The Morgan fingerprint density at radius 1 is 1.16 bits per heavy atom. The van der Waals surface area contributed by atoms with Gasteiger partial charge < -0.3 is 9.30 Å². The summed E-state index contributed by atoms with van der Waals surface area (Å²) in [4.78, 5) is 29.3. The predicted octanol–water partition coefficient (Wildman–Crippen LogP) is 2.68. The smallest absolute Gasteiger partial charge is 0.309 e. The van der Waals surface area contributed by atoms with E-state index >= 15 is 0 Å². The fraction of sp³-hybridized carbons (Fsp3) is 0.522. The number of carbonyl (C=O) groups is 2. The third-order valence-corrected chi connectivity index (χ3v) is 7.86. The first-order valence-corrected chi connectivity index (χ1v) is 12.4. The number of ketones is 1. The molecular formula is C23H31N3O5S. The number of Topliss-reactive ketones (excluding diaryl/α,β-unsaturated/α-hetero) is 1. The second-order valence-electron chi connectivity index (χ2n) is 8.15. The molecule has 3 rings (SSSR count). The summed E-state index contributed by atoms with van der Waals surface area (Å²) in [7, 11) is -1.95. The van der Waals surface area contributed by atoms with Crippen molar-refractivity contribution in [2.24, 2.45) is 13.0 Å². The molecular weight excluding hydrogens is 430 g/mol. The van der Waals surface area contributed by atoms with E-state index in [1.165, 1.54) is 10.5 Å². The summed E-state index contributed by atoms with van der Waals surface area (Å²) in [5, 5.41) is 0.0187. The Bertz CT molecular complexity index is 1080. The van der Waals surface area contributed by atoms with E-state index in [1.807, 2.05) is 32.0 Å². The molecule has 0 saturated carbocycles. The minimum atomic E-state index is -3.69. The summed E-state index contributed by atoms with van der Waals surface area (Å²) in [6.45, 7) is 5.87. The average molecular weight is 462 g/mol. The molecule has 2 aromatic rings. The Labute approximate surface area is 189 Å². The van der Waals surface area contributed by atoms with E-state index in [0.29, 0.717) is 24.2 Å². The van der Waals surface area contributed by atoms with Gasteiger partial charge in [0.2, 0.25) is 5.78 Å². The molecule has 0 N–H and O–H groups in total. The second-order valence-corrected chi connectivity index (χ2v) is 10.0. The Morgan fingerprint density at radius 3 is 2.41 bits per heavy atom. The number of ether oxygens (including phenoxy) is 1. The molecule has 1 fully saturated rings. The molecule has 0 aliphatic carbocycles. The number of aryl methyl sites for hydroxylation is 4. The highest BCUT2D eigenvalue weighted by Crippen LogP contribution is 2.24. The van der Waals surface area contributed by atoms with Gasteiger partial charge in [-0.3, -0.25) is 9.59 Å². The van der Waals surface area contributed by atoms with Crippen LogP contribution in [0.5, 0.6) is 0 Å². The molecule has 0 unspecified atom stereocenters. The first kappa shape index (κ1) is 24.1. The lowest BCUT2D eigenvalue weighted by molar-refractivity contribution is -0.148. The van der Waals surface area contributed by atoms with E-state index in [9.17, 15) is 18.0 Å². The summed E-state index contributed by atoms with van der Waals surface area (Å²) in [6, 6.07) is 5.83. The summed E-state index contributed by atoms with van der Waals surface area (Å²) in [5.41, 5.74) is 2.60. The summed E-state index contributed by atoms with van der Waals surface area (Å²) < 4.78 is 33.9. The van der Waals surface area contributed by atoms with Crippen LogP contribution in [0.1, 0.15) is 54.0 Å². The minimum Gasteiger partial charge on any atom is -0.457 e. The van der Waals surface area contributed by atoms with Crippen LogP contribution in [0, 0.1) is 12.8 Å². The molecule has 0 bridgehead atoms. The molecule has 174 valence electrons. The highest BCUT2D eigenvalue weighted by atomic mass is 32.2. The predicted molar refractivity (Wildman–Crippen MR) is 120 cm³/mol. The van der Waals surface area contributed by atoms with Crippen LogP contribution in [0.15, 0.2) is 29.4 Å². The zero-order valence-electron chi connectivity index (χ0n) is 19.1. The molecule has 1 aromatic carbocycles. The van der Waals surface area contributed by atoms with Crippen LogP contribution in [-0.2, 0) is 39.4 Å². The maximum atomic E-state index is 12.8. The standard InChI is InChI=1S/C23H31N3O5S/c1-5-17-7-8-18(6-2)20(13-17)21(27)15-31-23(28)19-9-11-26(12-10-19)32(29,30)22-14-25(4)16(3)24-22/h7-8,13-14,19H,5-6,9-12,15H2,1-4H3. The van der Waals surface area contributed by atoms with Crippen LogP contribution < -0.4 is 0 Å². The first-order valence-electron chi connectivity index (χ1n) is 11.0. The lowest BCUT2D eigenvalue weighted by atomic mass is 9.97. The van der Waals surface area contributed by atoms with Crippen LogP contribution in [0.4, 0.5) is 0 Å². The molecule has 0 spiro atoms. The Morgan fingerprint density at radius 2 is 1.84 bits per heavy atom. The molecule has 0 radical (unpaired) electrons. The fourth-order valence-electron chi connectivity index (χ4n) is 3.86. The first-order chi connectivity index (χ1) is 15.2. The Kier molecular flexibility index (Phi) is 7.51. The monoisotopic (exact) mass is 461 g/mol. The van der Waals surface area contributed by atoms with Gasteiger partial charge in [-0.15, -0.1) is 0 Å². The summed E-state index contributed by atoms with van der Waals surface area (Å²) in [5.74, 6) is -0.473. The van der Waals surface area contributed by atoms with Crippen LogP contribution in [-0.4, -0.2) is 53.7 Å². The zero-order chi connectivity index (χ0) is 23.5. The quantitative estimate of drug-likeness (QED) is 0.443. The van der Waals surface area contributed by atoms with Crippen molar-refractivity contribution in [2.75, 3.05) is 19.7 Å². The number of esters is 1. The normalized spacial score (nSPS) is 15.6. The maximum absolute atomic E-state index is 12.8. The van der Waals surface area contributed by atoms with Crippen LogP contribution in [0.2, 0.25) is 0 Å². The van der Waals surface area contributed by atoms with E-state index in [0.717, 1.165) is 24.0 Å². The number of aromatic nitrogens is 2. The molecule has 0 atom stereocenters. The largest absolute Gasteiger partial charge is 0.457 e. The van der Waals surface area contributed by atoms with Gasteiger partial charge in [-0.1, -0.05) is 26.0 Å². The van der Waals surface area contributed by atoms with Crippen molar-refractivity contribution in [3.8, 4) is 0 Å². The van der Waals surface area contributed by atoms with Crippen molar-refractivity contribution in [3.63, 3.8) is 0 Å². The number of piperidine rings is 1. The molecule has 1 aliphatic heterocycles. The lowest BCUT2D eigenvalue weighted by Crippen LogP contribution is -2.41. The van der Waals surface area contributed by atoms with Crippen LogP contribution >= 0.6 is 0 Å². The maximum Gasteiger partial charge on any atom is 0.309 e.